The van der Waals surface area contributed by atoms with Crippen LogP contribution in [-0.4, -0.2) is 45.8 Å². The third kappa shape index (κ3) is 18.8. The molecular weight excluding hydrogens is 484 g/mol. The van der Waals surface area contributed by atoms with Crippen molar-refractivity contribution in [2.24, 2.45) is 29.6 Å². The normalized spacial score (nSPS) is 22.5. The van der Waals surface area contributed by atoms with Crippen LogP contribution in [0.1, 0.15) is 160 Å². The third-order valence-corrected chi connectivity index (χ3v) is 8.96. The van der Waals surface area contributed by atoms with E-state index in [2.05, 4.69) is 48.5 Å². The van der Waals surface area contributed by atoms with Crippen LogP contribution >= 0.6 is 0 Å². The molecule has 0 aromatic rings. The summed E-state index contributed by atoms with van der Waals surface area (Å²) in [5.74, 6) is 3.75. The van der Waals surface area contributed by atoms with Gasteiger partial charge in [-0.25, -0.2) is 0 Å². The fraction of sp³-hybridized carbons (Fsp3) is 1.00. The molecule has 1 rings (SSSR count). The van der Waals surface area contributed by atoms with Crippen LogP contribution in [0.2, 0.25) is 0 Å². The number of hydrogen-bond donors (Lipinski definition) is 2. The summed E-state index contributed by atoms with van der Waals surface area (Å²) in [5.41, 5.74) is -1.77. The van der Waals surface area contributed by atoms with E-state index < -0.39 is 11.2 Å². The second kappa shape index (κ2) is 16.5. The van der Waals surface area contributed by atoms with E-state index in [1.54, 1.807) is 0 Å². The Kier molecular flexibility index (Phi) is 15.6. The first-order chi connectivity index (χ1) is 17.8. The molecule has 0 bridgehead atoms. The van der Waals surface area contributed by atoms with Crippen LogP contribution in [0.15, 0.2) is 0 Å². The predicted octanol–water partition coefficient (Wildman–Crippen LogP) is 9.34. The average Bonchev–Trinajstić information content (AvgIpc) is 2.72. The molecule has 0 saturated heterocycles. The lowest BCUT2D eigenvalue weighted by atomic mass is 9.66. The molecule has 4 heteroatoms. The molecule has 0 aromatic carbocycles. The zero-order valence-corrected chi connectivity index (χ0v) is 28.2. The maximum atomic E-state index is 10.1. The van der Waals surface area contributed by atoms with E-state index in [9.17, 15) is 10.2 Å². The highest BCUT2D eigenvalue weighted by Crippen LogP contribution is 2.44. The molecule has 2 N–H and O–H groups in total. The number of rotatable bonds is 20. The summed E-state index contributed by atoms with van der Waals surface area (Å²) in [6.45, 7) is 24.7. The van der Waals surface area contributed by atoms with Crippen LogP contribution in [0.3, 0.4) is 0 Å². The Morgan fingerprint density at radius 2 is 1.15 bits per heavy atom. The molecule has 234 valence electrons. The van der Waals surface area contributed by atoms with Crippen LogP contribution in [0.25, 0.3) is 0 Å². The number of hydrogen-bond acceptors (Lipinski definition) is 4. The molecule has 4 nitrogen and oxygen atoms in total. The van der Waals surface area contributed by atoms with Crippen LogP contribution in [0.5, 0.6) is 0 Å². The van der Waals surface area contributed by atoms with Crippen molar-refractivity contribution < 1.29 is 19.7 Å². The summed E-state index contributed by atoms with van der Waals surface area (Å²) in [5, 5.41) is 20.3. The highest BCUT2D eigenvalue weighted by molar-refractivity contribution is 4.89. The Hall–Kier alpha value is -0.160. The summed E-state index contributed by atoms with van der Waals surface area (Å²) in [6, 6.07) is 0. The van der Waals surface area contributed by atoms with Gasteiger partial charge < -0.3 is 19.7 Å². The summed E-state index contributed by atoms with van der Waals surface area (Å²) in [4.78, 5) is 0. The minimum atomic E-state index is -0.690. The average molecular weight is 555 g/mol. The molecule has 4 unspecified atom stereocenters. The Morgan fingerprint density at radius 3 is 1.64 bits per heavy atom. The number of ether oxygens (including phenoxy) is 2. The summed E-state index contributed by atoms with van der Waals surface area (Å²) in [7, 11) is 0. The first kappa shape index (κ1) is 36.9. The monoisotopic (exact) mass is 555 g/mol. The van der Waals surface area contributed by atoms with Crippen LogP contribution < -0.4 is 0 Å². The van der Waals surface area contributed by atoms with Crippen molar-refractivity contribution in [3.63, 3.8) is 0 Å². The molecule has 1 aliphatic carbocycles. The lowest BCUT2D eigenvalue weighted by molar-refractivity contribution is -0.0849. The minimum Gasteiger partial charge on any atom is -0.390 e. The van der Waals surface area contributed by atoms with E-state index >= 15 is 0 Å². The van der Waals surface area contributed by atoms with Crippen molar-refractivity contribution in [3.05, 3.63) is 0 Å². The summed E-state index contributed by atoms with van der Waals surface area (Å²) < 4.78 is 12.7. The van der Waals surface area contributed by atoms with Gasteiger partial charge in [-0.15, -0.1) is 0 Å². The van der Waals surface area contributed by atoms with Crippen molar-refractivity contribution in [3.8, 4) is 0 Å². The van der Waals surface area contributed by atoms with E-state index in [0.717, 1.165) is 30.6 Å². The standard InChI is InChI=1S/C35H70O4/c1-27(2)14-12-15-28(3)16-13-17-29-18-19-30(25-34(8,9)38-22-20-32(4,5)36)31(24-29)26-35(10,11)39-23-21-33(6,7)37/h27-31,36-37H,12-26H2,1-11H3. The van der Waals surface area contributed by atoms with Gasteiger partial charge in [-0.1, -0.05) is 65.7 Å². The van der Waals surface area contributed by atoms with E-state index in [1.807, 2.05) is 27.7 Å². The topological polar surface area (TPSA) is 58.9 Å². The number of aliphatic hydroxyl groups is 2. The molecule has 1 saturated carbocycles. The molecule has 39 heavy (non-hydrogen) atoms. The van der Waals surface area contributed by atoms with Crippen molar-refractivity contribution in [1.82, 2.24) is 0 Å². The SMILES string of the molecule is CC(C)CCCC(C)CCCC1CCC(CC(C)(C)OCCC(C)(C)O)C(CC(C)(C)OCCC(C)(C)O)C1. The zero-order chi connectivity index (χ0) is 29.9. The first-order valence-electron chi connectivity index (χ1n) is 16.5. The maximum Gasteiger partial charge on any atom is 0.0629 e. The lowest BCUT2D eigenvalue weighted by Gasteiger charge is -2.43. The van der Waals surface area contributed by atoms with Gasteiger partial charge in [0, 0.05) is 0 Å². The molecule has 0 aromatic heterocycles. The second-order valence-corrected chi connectivity index (χ2v) is 16.3. The summed E-state index contributed by atoms with van der Waals surface area (Å²) >= 11 is 0. The Labute approximate surface area is 244 Å². The van der Waals surface area contributed by atoms with Gasteiger partial charge in [0.05, 0.1) is 35.6 Å². The highest BCUT2D eigenvalue weighted by Gasteiger charge is 2.38. The lowest BCUT2D eigenvalue weighted by Crippen LogP contribution is -2.39. The van der Waals surface area contributed by atoms with Gasteiger partial charge in [0.15, 0.2) is 0 Å². The minimum absolute atomic E-state index is 0.196. The van der Waals surface area contributed by atoms with E-state index in [-0.39, 0.29) is 11.2 Å². The van der Waals surface area contributed by atoms with E-state index in [0.29, 0.717) is 37.9 Å². The fourth-order valence-corrected chi connectivity index (χ4v) is 6.51. The van der Waals surface area contributed by atoms with Gasteiger partial charge in [0.25, 0.3) is 0 Å². The molecule has 1 fully saturated rings. The molecule has 4 atom stereocenters. The third-order valence-electron chi connectivity index (χ3n) is 8.96. The molecule has 0 amide bonds. The van der Waals surface area contributed by atoms with Crippen molar-refractivity contribution in [2.75, 3.05) is 13.2 Å². The van der Waals surface area contributed by atoms with Crippen LogP contribution in [0.4, 0.5) is 0 Å². The van der Waals surface area contributed by atoms with Gasteiger partial charge in [0.1, 0.15) is 0 Å². The molecular formula is C35H70O4. The maximum absolute atomic E-state index is 10.1. The fourth-order valence-electron chi connectivity index (χ4n) is 6.51. The quantitative estimate of drug-likeness (QED) is 0.157. The van der Waals surface area contributed by atoms with Crippen LogP contribution in [0, 0.1) is 29.6 Å². The molecule has 0 radical (unpaired) electrons. The van der Waals surface area contributed by atoms with E-state index in [4.69, 9.17) is 9.47 Å². The highest BCUT2D eigenvalue weighted by atomic mass is 16.5. The Balaban J connectivity index is 2.75. The Bertz CT molecular complexity index is 640. The first-order valence-corrected chi connectivity index (χ1v) is 16.5. The van der Waals surface area contributed by atoms with E-state index in [1.165, 1.54) is 57.8 Å². The van der Waals surface area contributed by atoms with Gasteiger partial charge in [-0.3, -0.25) is 0 Å². The van der Waals surface area contributed by atoms with Gasteiger partial charge >= 0.3 is 0 Å². The smallest absolute Gasteiger partial charge is 0.0629 e. The van der Waals surface area contributed by atoms with Gasteiger partial charge in [0.2, 0.25) is 0 Å². The molecule has 0 spiro atoms. The predicted molar refractivity (Wildman–Crippen MR) is 167 cm³/mol. The molecule has 0 heterocycles. The van der Waals surface area contributed by atoms with Crippen molar-refractivity contribution >= 4 is 0 Å². The molecule has 0 aliphatic heterocycles. The zero-order valence-electron chi connectivity index (χ0n) is 28.2. The van der Waals surface area contributed by atoms with Crippen molar-refractivity contribution in [1.29, 1.82) is 0 Å². The summed E-state index contributed by atoms with van der Waals surface area (Å²) in [6.07, 6.45) is 15.6. The van der Waals surface area contributed by atoms with Crippen LogP contribution in [-0.2, 0) is 9.47 Å². The van der Waals surface area contributed by atoms with Crippen molar-refractivity contribution in [2.45, 2.75) is 182 Å². The second-order valence-electron chi connectivity index (χ2n) is 16.3. The molecule has 1 aliphatic rings. The van der Waals surface area contributed by atoms with Gasteiger partial charge in [-0.2, -0.15) is 0 Å². The Morgan fingerprint density at radius 1 is 0.667 bits per heavy atom. The van der Waals surface area contributed by atoms with Gasteiger partial charge in [-0.05, 0) is 124 Å². The largest absolute Gasteiger partial charge is 0.390 e.